The molecule has 1 saturated heterocycles. The van der Waals surface area contributed by atoms with Crippen molar-refractivity contribution in [2.24, 2.45) is 0 Å². The van der Waals surface area contributed by atoms with E-state index in [-0.39, 0.29) is 18.0 Å². The molecule has 2 amide bonds. The number of nitrogens with one attached hydrogen (secondary N) is 1. The van der Waals surface area contributed by atoms with Crippen molar-refractivity contribution in [3.63, 3.8) is 0 Å². The second-order valence-corrected chi connectivity index (χ2v) is 5.87. The number of carbonyl (C=O) groups is 3. The molecule has 2 rings (SSSR count). The second kappa shape index (κ2) is 6.78. The van der Waals surface area contributed by atoms with Gasteiger partial charge < -0.3 is 15.3 Å². The van der Waals surface area contributed by atoms with Crippen molar-refractivity contribution in [1.82, 2.24) is 10.2 Å². The number of thioether (sulfide) groups is 1. The first-order valence-electron chi connectivity index (χ1n) is 6.52. The van der Waals surface area contributed by atoms with Crippen molar-refractivity contribution in [1.29, 1.82) is 0 Å². The van der Waals surface area contributed by atoms with E-state index >= 15 is 0 Å². The van der Waals surface area contributed by atoms with Gasteiger partial charge in [0.1, 0.15) is 12.4 Å². The minimum absolute atomic E-state index is 0.148. The smallest absolute Gasteiger partial charge is 0.330 e. The molecule has 1 aromatic carbocycles. The lowest BCUT2D eigenvalue weighted by molar-refractivity contribution is -0.142. The van der Waals surface area contributed by atoms with Crippen LogP contribution in [0.2, 0.25) is 0 Å². The maximum absolute atomic E-state index is 13.3. The number of halogens is 1. The van der Waals surface area contributed by atoms with Crippen LogP contribution in [0.5, 0.6) is 0 Å². The summed E-state index contributed by atoms with van der Waals surface area (Å²) in [5.41, 5.74) is 0.575. The Kier molecular flexibility index (Phi) is 5.02. The van der Waals surface area contributed by atoms with Gasteiger partial charge in [-0.05, 0) is 24.1 Å². The molecule has 0 aromatic heterocycles. The van der Waals surface area contributed by atoms with Gasteiger partial charge in [-0.3, -0.25) is 9.59 Å². The van der Waals surface area contributed by atoms with Gasteiger partial charge in [-0.25, -0.2) is 9.18 Å². The molecule has 2 N–H and O–H groups in total. The number of carbonyl (C=O) groups excluding carboxylic acids is 2. The summed E-state index contributed by atoms with van der Waals surface area (Å²) >= 11 is 1.40. The van der Waals surface area contributed by atoms with Gasteiger partial charge >= 0.3 is 5.97 Å². The third kappa shape index (κ3) is 3.76. The Bertz CT molecular complexity index is 623. The monoisotopic (exact) mass is 326 g/mol. The zero-order chi connectivity index (χ0) is 16.3. The normalized spacial score (nSPS) is 15.7. The van der Waals surface area contributed by atoms with Crippen molar-refractivity contribution >= 4 is 29.5 Å². The van der Waals surface area contributed by atoms with E-state index in [9.17, 15) is 23.9 Å². The Hall–Kier alpha value is -2.09. The van der Waals surface area contributed by atoms with E-state index < -0.39 is 23.7 Å². The average Bonchev–Trinajstić information content (AvgIpc) is 2.84. The number of benzene rings is 1. The molecule has 1 aromatic rings. The Morgan fingerprint density at radius 1 is 1.50 bits per heavy atom. The van der Waals surface area contributed by atoms with Crippen LogP contribution in [0.25, 0.3) is 0 Å². The zero-order valence-electron chi connectivity index (χ0n) is 11.8. The summed E-state index contributed by atoms with van der Waals surface area (Å²) in [4.78, 5) is 36.1. The molecule has 1 aliphatic heterocycles. The van der Waals surface area contributed by atoms with Gasteiger partial charge in [-0.1, -0.05) is 12.1 Å². The van der Waals surface area contributed by atoms with Gasteiger partial charge in [0.15, 0.2) is 6.04 Å². The lowest BCUT2D eigenvalue weighted by atomic mass is 10.0. The number of aliphatic carboxylic acids is 1. The Morgan fingerprint density at radius 2 is 2.23 bits per heavy atom. The standard InChI is InChI=1S/C14H15FN2O4S/c1-8-4-9(2-3-10(8)15)13(14(20)21)16-11(18)5-17-7-22-6-12(17)19/h2-4,13H,5-7H2,1H3,(H,16,18)(H,20,21). The summed E-state index contributed by atoms with van der Waals surface area (Å²) in [5.74, 6) is -1.66. The SMILES string of the molecule is Cc1cc(C(NC(=O)CN2CSCC2=O)C(=O)O)ccc1F. The quantitative estimate of drug-likeness (QED) is 0.840. The number of nitrogens with zero attached hydrogens (tertiary/aromatic N) is 1. The number of carboxylic acids is 1. The Morgan fingerprint density at radius 3 is 2.77 bits per heavy atom. The molecule has 1 fully saturated rings. The minimum atomic E-state index is -1.28. The maximum Gasteiger partial charge on any atom is 0.330 e. The van der Waals surface area contributed by atoms with Gasteiger partial charge in [-0.15, -0.1) is 11.8 Å². The van der Waals surface area contributed by atoms with Crippen LogP contribution < -0.4 is 5.32 Å². The third-order valence-corrected chi connectivity index (χ3v) is 4.17. The molecule has 0 saturated carbocycles. The molecule has 0 aliphatic carbocycles. The van der Waals surface area contributed by atoms with E-state index in [2.05, 4.69) is 5.32 Å². The fourth-order valence-electron chi connectivity index (χ4n) is 2.06. The first-order valence-corrected chi connectivity index (χ1v) is 7.67. The summed E-state index contributed by atoms with van der Waals surface area (Å²) in [6.45, 7) is 1.33. The zero-order valence-corrected chi connectivity index (χ0v) is 12.7. The average molecular weight is 326 g/mol. The Labute approximate surface area is 130 Å². The molecule has 22 heavy (non-hydrogen) atoms. The van der Waals surface area contributed by atoms with Crippen LogP contribution in [0.1, 0.15) is 17.2 Å². The topological polar surface area (TPSA) is 86.7 Å². The van der Waals surface area contributed by atoms with E-state index in [1.54, 1.807) is 0 Å². The molecule has 1 aliphatic rings. The highest BCUT2D eigenvalue weighted by molar-refractivity contribution is 8.00. The predicted molar refractivity (Wildman–Crippen MR) is 78.7 cm³/mol. The molecule has 1 atom stereocenters. The van der Waals surface area contributed by atoms with Crippen LogP contribution in [0.3, 0.4) is 0 Å². The summed E-state index contributed by atoms with van der Waals surface area (Å²) in [6.07, 6.45) is 0. The first kappa shape index (κ1) is 16.3. The first-order chi connectivity index (χ1) is 10.4. The number of rotatable bonds is 5. The van der Waals surface area contributed by atoms with Crippen LogP contribution in [0.4, 0.5) is 4.39 Å². The fraction of sp³-hybridized carbons (Fsp3) is 0.357. The maximum atomic E-state index is 13.3. The molecule has 1 unspecified atom stereocenters. The van der Waals surface area contributed by atoms with Crippen LogP contribution in [-0.4, -0.2) is 46.0 Å². The van der Waals surface area contributed by atoms with E-state index in [1.807, 2.05) is 0 Å². The molecular weight excluding hydrogens is 311 g/mol. The van der Waals surface area contributed by atoms with E-state index in [0.717, 1.165) is 6.07 Å². The van der Waals surface area contributed by atoms with Crippen LogP contribution >= 0.6 is 11.8 Å². The number of hydrogen-bond acceptors (Lipinski definition) is 4. The van der Waals surface area contributed by atoms with Crippen molar-refractivity contribution < 1.29 is 23.9 Å². The number of aryl methyl sites for hydroxylation is 1. The predicted octanol–water partition coefficient (Wildman–Crippen LogP) is 0.909. The van der Waals surface area contributed by atoms with Gasteiger partial charge in [0.2, 0.25) is 11.8 Å². The van der Waals surface area contributed by atoms with Gasteiger partial charge in [0.05, 0.1) is 11.6 Å². The van der Waals surface area contributed by atoms with Crippen molar-refractivity contribution in [2.75, 3.05) is 18.2 Å². The number of hydrogen-bond donors (Lipinski definition) is 2. The van der Waals surface area contributed by atoms with Crippen LogP contribution in [0.15, 0.2) is 18.2 Å². The van der Waals surface area contributed by atoms with Crippen molar-refractivity contribution in [3.05, 3.63) is 35.1 Å². The van der Waals surface area contributed by atoms with E-state index in [4.69, 9.17) is 0 Å². The molecule has 0 radical (unpaired) electrons. The highest BCUT2D eigenvalue weighted by Gasteiger charge is 2.27. The van der Waals surface area contributed by atoms with Crippen LogP contribution in [0, 0.1) is 12.7 Å². The lowest BCUT2D eigenvalue weighted by Crippen LogP contribution is -2.41. The largest absolute Gasteiger partial charge is 0.479 e. The highest BCUT2D eigenvalue weighted by Crippen LogP contribution is 2.18. The molecule has 118 valence electrons. The summed E-state index contributed by atoms with van der Waals surface area (Å²) in [6, 6.07) is 2.58. The number of amides is 2. The fourth-order valence-corrected chi connectivity index (χ4v) is 2.96. The Balaban J connectivity index is 2.08. The summed E-state index contributed by atoms with van der Waals surface area (Å²) in [5, 5.41) is 11.6. The van der Waals surface area contributed by atoms with E-state index in [1.165, 1.54) is 35.7 Å². The summed E-state index contributed by atoms with van der Waals surface area (Å²) in [7, 11) is 0. The minimum Gasteiger partial charge on any atom is -0.479 e. The second-order valence-electron chi connectivity index (χ2n) is 4.92. The molecule has 0 spiro atoms. The number of carboxylic acid groups (broad SMARTS) is 1. The van der Waals surface area contributed by atoms with Gasteiger partial charge in [-0.2, -0.15) is 0 Å². The lowest BCUT2D eigenvalue weighted by Gasteiger charge is -2.18. The molecule has 8 heteroatoms. The van der Waals surface area contributed by atoms with Gasteiger partial charge in [0.25, 0.3) is 0 Å². The van der Waals surface area contributed by atoms with E-state index in [0.29, 0.717) is 17.2 Å². The molecule has 6 nitrogen and oxygen atoms in total. The molecule has 0 bridgehead atoms. The summed E-state index contributed by atoms with van der Waals surface area (Å²) < 4.78 is 13.3. The van der Waals surface area contributed by atoms with Gasteiger partial charge in [0, 0.05) is 0 Å². The molecular formula is C14H15FN2O4S. The third-order valence-electron chi connectivity index (χ3n) is 3.23. The highest BCUT2D eigenvalue weighted by atomic mass is 32.2. The van der Waals surface area contributed by atoms with Crippen LogP contribution in [-0.2, 0) is 14.4 Å². The molecule has 1 heterocycles. The van der Waals surface area contributed by atoms with Crippen molar-refractivity contribution in [3.8, 4) is 0 Å². The van der Waals surface area contributed by atoms with Crippen molar-refractivity contribution in [2.45, 2.75) is 13.0 Å².